The predicted molar refractivity (Wildman–Crippen MR) is 69.2 cm³/mol. The van der Waals surface area contributed by atoms with Gasteiger partial charge in [-0.15, -0.1) is 0 Å². The summed E-state index contributed by atoms with van der Waals surface area (Å²) in [6.45, 7) is 1.83. The highest BCUT2D eigenvalue weighted by Gasteiger charge is 2.17. The van der Waals surface area contributed by atoms with Crippen molar-refractivity contribution >= 4 is 11.6 Å². The minimum atomic E-state index is -1.10. The molecule has 0 unspecified atom stereocenters. The highest BCUT2D eigenvalue weighted by Crippen LogP contribution is 2.36. The zero-order chi connectivity index (χ0) is 14.0. The summed E-state index contributed by atoms with van der Waals surface area (Å²) >= 11 is 5.95. The summed E-state index contributed by atoms with van der Waals surface area (Å²) in [4.78, 5) is 0. The fourth-order valence-corrected chi connectivity index (χ4v) is 1.70. The molecule has 0 aliphatic rings. The maximum Gasteiger partial charge on any atom is 0.207 e. The second-order valence-corrected chi connectivity index (χ2v) is 4.31. The first-order chi connectivity index (χ1) is 9.02. The Labute approximate surface area is 114 Å². The van der Waals surface area contributed by atoms with Crippen LogP contribution in [0.2, 0.25) is 5.02 Å². The molecule has 2 rings (SSSR count). The number of benzene rings is 2. The summed E-state index contributed by atoms with van der Waals surface area (Å²) in [6.07, 6.45) is 0. The van der Waals surface area contributed by atoms with Crippen molar-refractivity contribution in [3.05, 3.63) is 52.6 Å². The van der Waals surface area contributed by atoms with Crippen LogP contribution in [-0.4, -0.2) is 7.11 Å². The molecule has 0 fully saturated rings. The number of halogens is 3. The zero-order valence-corrected chi connectivity index (χ0v) is 11.1. The highest BCUT2D eigenvalue weighted by atomic mass is 35.5. The summed E-state index contributed by atoms with van der Waals surface area (Å²) in [7, 11) is 1.35. The van der Waals surface area contributed by atoms with Crippen molar-refractivity contribution in [3.8, 4) is 17.2 Å². The van der Waals surface area contributed by atoms with Crippen LogP contribution in [-0.2, 0) is 0 Å². The molecule has 0 aliphatic heterocycles. The van der Waals surface area contributed by atoms with Gasteiger partial charge in [-0.25, -0.2) is 4.39 Å². The average molecular weight is 285 g/mol. The Kier molecular flexibility index (Phi) is 3.90. The third-order valence-electron chi connectivity index (χ3n) is 2.60. The van der Waals surface area contributed by atoms with Crippen molar-refractivity contribution in [1.29, 1.82) is 0 Å². The average Bonchev–Trinajstić information content (AvgIpc) is 2.39. The van der Waals surface area contributed by atoms with Crippen molar-refractivity contribution in [3.63, 3.8) is 0 Å². The molecule has 0 atom stereocenters. The van der Waals surface area contributed by atoms with E-state index in [-0.39, 0.29) is 11.5 Å². The molecule has 0 spiro atoms. The van der Waals surface area contributed by atoms with Gasteiger partial charge in [0.25, 0.3) is 0 Å². The van der Waals surface area contributed by atoms with E-state index >= 15 is 0 Å². The van der Waals surface area contributed by atoms with Gasteiger partial charge in [-0.2, -0.15) is 4.39 Å². The molecule has 0 N–H and O–H groups in total. The van der Waals surface area contributed by atoms with E-state index in [1.54, 1.807) is 12.1 Å². The minimum absolute atomic E-state index is 0.107. The van der Waals surface area contributed by atoms with Crippen LogP contribution in [0.15, 0.2) is 30.3 Å². The maximum absolute atomic E-state index is 13.7. The van der Waals surface area contributed by atoms with Gasteiger partial charge in [-0.05, 0) is 36.8 Å². The Bertz CT molecular complexity index is 615. The van der Waals surface area contributed by atoms with Crippen LogP contribution in [0.25, 0.3) is 0 Å². The highest BCUT2D eigenvalue weighted by molar-refractivity contribution is 6.31. The Balaban J connectivity index is 2.42. The molecule has 0 bridgehead atoms. The number of hydrogen-bond donors (Lipinski definition) is 0. The van der Waals surface area contributed by atoms with E-state index in [1.165, 1.54) is 19.2 Å². The number of methoxy groups -OCH3 is 1. The zero-order valence-electron chi connectivity index (χ0n) is 10.3. The van der Waals surface area contributed by atoms with E-state index < -0.39 is 11.6 Å². The monoisotopic (exact) mass is 284 g/mol. The quantitative estimate of drug-likeness (QED) is 0.811. The van der Waals surface area contributed by atoms with Crippen LogP contribution < -0.4 is 9.47 Å². The molecule has 0 saturated carbocycles. The molecule has 0 aromatic heterocycles. The van der Waals surface area contributed by atoms with Crippen LogP contribution in [0.3, 0.4) is 0 Å². The van der Waals surface area contributed by atoms with E-state index in [9.17, 15) is 8.78 Å². The molecule has 2 aromatic carbocycles. The van der Waals surface area contributed by atoms with Gasteiger partial charge in [-0.1, -0.05) is 17.7 Å². The standard InChI is InChI=1S/C14H11ClF2O2/c1-8-3-4-9(7-10(8)15)19-14-12(18-2)6-5-11(16)13(14)17/h3-7H,1-2H3. The molecule has 0 amide bonds. The fourth-order valence-electron chi connectivity index (χ4n) is 1.53. The van der Waals surface area contributed by atoms with Gasteiger partial charge in [-0.3, -0.25) is 0 Å². The van der Waals surface area contributed by atoms with Crippen LogP contribution >= 0.6 is 11.6 Å². The first kappa shape index (κ1) is 13.6. The lowest BCUT2D eigenvalue weighted by molar-refractivity contribution is 0.354. The van der Waals surface area contributed by atoms with E-state index in [4.69, 9.17) is 21.1 Å². The fraction of sp³-hybridized carbons (Fsp3) is 0.143. The molecule has 2 nitrogen and oxygen atoms in total. The molecule has 0 aliphatic carbocycles. The van der Waals surface area contributed by atoms with Gasteiger partial charge < -0.3 is 9.47 Å². The maximum atomic E-state index is 13.7. The van der Waals surface area contributed by atoms with Gasteiger partial charge in [0.2, 0.25) is 11.6 Å². The molecule has 0 heterocycles. The molecule has 2 aromatic rings. The second-order valence-electron chi connectivity index (χ2n) is 3.91. The summed E-state index contributed by atoms with van der Waals surface area (Å²) < 4.78 is 37.2. The van der Waals surface area contributed by atoms with E-state index in [0.717, 1.165) is 11.6 Å². The summed E-state index contributed by atoms with van der Waals surface area (Å²) in [5.74, 6) is -2.00. The number of hydrogen-bond acceptors (Lipinski definition) is 2. The van der Waals surface area contributed by atoms with Crippen molar-refractivity contribution in [2.75, 3.05) is 7.11 Å². The predicted octanol–water partition coefficient (Wildman–Crippen LogP) is 4.73. The lowest BCUT2D eigenvalue weighted by Crippen LogP contribution is -1.96. The van der Waals surface area contributed by atoms with Gasteiger partial charge in [0.15, 0.2) is 11.6 Å². The normalized spacial score (nSPS) is 10.4. The summed E-state index contributed by atoms with van der Waals surface area (Å²) in [5.41, 5.74) is 0.862. The summed E-state index contributed by atoms with van der Waals surface area (Å²) in [5, 5.41) is 0.480. The SMILES string of the molecule is COc1ccc(F)c(F)c1Oc1ccc(C)c(Cl)c1. The molecule has 5 heteroatoms. The smallest absolute Gasteiger partial charge is 0.207 e. The second kappa shape index (κ2) is 5.45. The molecule has 19 heavy (non-hydrogen) atoms. The number of aryl methyl sites for hydroxylation is 1. The van der Waals surface area contributed by atoms with Crippen molar-refractivity contribution in [1.82, 2.24) is 0 Å². The van der Waals surface area contributed by atoms with Gasteiger partial charge in [0.1, 0.15) is 5.75 Å². The summed E-state index contributed by atoms with van der Waals surface area (Å²) in [6, 6.07) is 7.14. The minimum Gasteiger partial charge on any atom is -0.493 e. The lowest BCUT2D eigenvalue weighted by Gasteiger charge is -2.12. The Morgan fingerprint density at radius 3 is 2.47 bits per heavy atom. The first-order valence-corrected chi connectivity index (χ1v) is 5.86. The third-order valence-corrected chi connectivity index (χ3v) is 3.00. The first-order valence-electron chi connectivity index (χ1n) is 5.49. The number of ether oxygens (including phenoxy) is 2. The van der Waals surface area contributed by atoms with Gasteiger partial charge in [0.05, 0.1) is 7.11 Å². The Morgan fingerprint density at radius 2 is 1.84 bits per heavy atom. The molecule has 0 radical (unpaired) electrons. The van der Waals surface area contributed by atoms with Crippen LogP contribution in [0, 0.1) is 18.6 Å². The van der Waals surface area contributed by atoms with Crippen molar-refractivity contribution < 1.29 is 18.3 Å². The largest absolute Gasteiger partial charge is 0.493 e. The van der Waals surface area contributed by atoms with Crippen molar-refractivity contribution in [2.45, 2.75) is 6.92 Å². The van der Waals surface area contributed by atoms with Crippen molar-refractivity contribution in [2.24, 2.45) is 0 Å². The molecular weight excluding hydrogens is 274 g/mol. The molecule has 100 valence electrons. The van der Waals surface area contributed by atoms with E-state index in [2.05, 4.69) is 0 Å². The van der Waals surface area contributed by atoms with E-state index in [0.29, 0.717) is 10.8 Å². The lowest BCUT2D eigenvalue weighted by atomic mass is 10.2. The Morgan fingerprint density at radius 1 is 1.11 bits per heavy atom. The molecular formula is C14H11ClF2O2. The third kappa shape index (κ3) is 2.79. The Hall–Kier alpha value is -1.81. The topological polar surface area (TPSA) is 18.5 Å². The van der Waals surface area contributed by atoms with Gasteiger partial charge in [0, 0.05) is 5.02 Å². The molecule has 0 saturated heterocycles. The number of rotatable bonds is 3. The van der Waals surface area contributed by atoms with Crippen LogP contribution in [0.1, 0.15) is 5.56 Å². The van der Waals surface area contributed by atoms with Gasteiger partial charge >= 0.3 is 0 Å². The van der Waals surface area contributed by atoms with E-state index in [1.807, 2.05) is 6.92 Å². The van der Waals surface area contributed by atoms with Crippen LogP contribution in [0.5, 0.6) is 17.2 Å². The van der Waals surface area contributed by atoms with Crippen LogP contribution in [0.4, 0.5) is 8.78 Å².